The molecule has 1 aliphatic carbocycles. The molecule has 0 amide bonds. The Labute approximate surface area is 134 Å². The average Bonchev–Trinajstić information content (AvgIpc) is 2.53. The number of carboxylic acid groups (broad SMARTS) is 1. The summed E-state index contributed by atoms with van der Waals surface area (Å²) in [7, 11) is 0. The van der Waals surface area contributed by atoms with E-state index in [1.165, 1.54) is 44.9 Å². The maximum absolute atomic E-state index is 11.4. The first-order valence-corrected chi connectivity index (χ1v) is 9.06. The molecule has 1 atom stereocenters. The summed E-state index contributed by atoms with van der Waals surface area (Å²) in [4.78, 5) is 24.3. The topological polar surface area (TPSA) is 57.6 Å². The number of hydrogen-bond donors (Lipinski definition) is 1. The fourth-order valence-electron chi connectivity index (χ4n) is 4.27. The number of likely N-dealkylation sites (tertiary alicyclic amines) is 1. The van der Waals surface area contributed by atoms with E-state index in [-0.39, 0.29) is 12.5 Å². The number of nitrogens with zero attached hydrogens (tertiary/aromatic N) is 1. The van der Waals surface area contributed by atoms with Gasteiger partial charge in [0.05, 0.1) is 6.04 Å². The zero-order chi connectivity index (χ0) is 15.8. The van der Waals surface area contributed by atoms with E-state index < -0.39 is 5.97 Å². The van der Waals surface area contributed by atoms with E-state index in [2.05, 4.69) is 4.90 Å². The van der Waals surface area contributed by atoms with E-state index in [1.54, 1.807) is 0 Å². The second kappa shape index (κ2) is 8.66. The van der Waals surface area contributed by atoms with E-state index in [9.17, 15) is 9.59 Å². The van der Waals surface area contributed by atoms with Gasteiger partial charge in [-0.3, -0.25) is 9.69 Å². The molecule has 2 fully saturated rings. The van der Waals surface area contributed by atoms with Crippen LogP contribution in [0.4, 0.5) is 0 Å². The number of rotatable bonds is 8. The second-order valence-corrected chi connectivity index (χ2v) is 7.29. The first kappa shape index (κ1) is 17.5. The van der Waals surface area contributed by atoms with Crippen LogP contribution in [0, 0.1) is 5.41 Å². The van der Waals surface area contributed by atoms with Crippen molar-refractivity contribution in [1.29, 1.82) is 0 Å². The maximum atomic E-state index is 11.4. The van der Waals surface area contributed by atoms with Gasteiger partial charge in [-0.15, -0.1) is 0 Å². The van der Waals surface area contributed by atoms with Gasteiger partial charge in [0.2, 0.25) is 0 Å². The molecule has 0 aromatic carbocycles. The highest BCUT2D eigenvalue weighted by Gasteiger charge is 2.36. The smallest absolute Gasteiger partial charge is 0.303 e. The second-order valence-electron chi connectivity index (χ2n) is 7.29. The fourth-order valence-corrected chi connectivity index (χ4v) is 4.27. The lowest BCUT2D eigenvalue weighted by Gasteiger charge is -2.45. The molecule has 0 bridgehead atoms. The van der Waals surface area contributed by atoms with Crippen molar-refractivity contribution in [2.75, 3.05) is 13.1 Å². The summed E-state index contributed by atoms with van der Waals surface area (Å²) in [5.41, 5.74) is 0.587. The van der Waals surface area contributed by atoms with E-state index in [0.29, 0.717) is 5.41 Å². The molecule has 1 saturated heterocycles. The molecule has 22 heavy (non-hydrogen) atoms. The van der Waals surface area contributed by atoms with Crippen LogP contribution < -0.4 is 0 Å². The summed E-state index contributed by atoms with van der Waals surface area (Å²) in [6.45, 7) is 2.14. The van der Waals surface area contributed by atoms with Crippen LogP contribution in [0.2, 0.25) is 0 Å². The monoisotopic (exact) mass is 309 g/mol. The van der Waals surface area contributed by atoms with Gasteiger partial charge in [-0.05, 0) is 57.0 Å². The van der Waals surface area contributed by atoms with Gasteiger partial charge in [-0.25, -0.2) is 0 Å². The highest BCUT2D eigenvalue weighted by Crippen LogP contribution is 2.44. The molecule has 4 nitrogen and oxygen atoms in total. The Morgan fingerprint density at radius 1 is 1.05 bits per heavy atom. The average molecular weight is 309 g/mol. The highest BCUT2D eigenvalue weighted by atomic mass is 16.4. The number of unbranched alkanes of at least 4 members (excludes halogenated alkanes) is 2. The van der Waals surface area contributed by atoms with Crippen molar-refractivity contribution in [3.63, 3.8) is 0 Å². The summed E-state index contributed by atoms with van der Waals surface area (Å²) in [6, 6.07) is 0.0470. The molecule has 1 N–H and O–H groups in total. The third kappa shape index (κ3) is 5.08. The molecule has 1 heterocycles. The molecule has 1 spiro atoms. The largest absolute Gasteiger partial charge is 0.481 e. The molecule has 0 radical (unpaired) electrons. The van der Waals surface area contributed by atoms with E-state index in [1.807, 2.05) is 0 Å². The zero-order valence-electron chi connectivity index (χ0n) is 13.8. The minimum Gasteiger partial charge on any atom is -0.481 e. The quantitative estimate of drug-likeness (QED) is 0.549. The predicted molar refractivity (Wildman–Crippen MR) is 86.9 cm³/mol. The van der Waals surface area contributed by atoms with Gasteiger partial charge in [0.15, 0.2) is 0 Å². The van der Waals surface area contributed by atoms with Gasteiger partial charge in [0.1, 0.15) is 6.29 Å². The van der Waals surface area contributed by atoms with Crippen molar-refractivity contribution >= 4 is 12.3 Å². The normalized spacial score (nSPS) is 23.3. The van der Waals surface area contributed by atoms with E-state index in [0.717, 1.165) is 45.1 Å². The molecule has 1 aliphatic heterocycles. The molecule has 0 aromatic heterocycles. The third-order valence-electron chi connectivity index (χ3n) is 5.79. The van der Waals surface area contributed by atoms with Crippen LogP contribution in [0.25, 0.3) is 0 Å². The van der Waals surface area contributed by atoms with Crippen molar-refractivity contribution in [3.05, 3.63) is 0 Å². The Morgan fingerprint density at radius 2 is 1.73 bits per heavy atom. The SMILES string of the molecule is O=CC(CCCCCC(=O)O)N1CCC2(CCCCC2)CC1. The van der Waals surface area contributed by atoms with Crippen LogP contribution in [0.5, 0.6) is 0 Å². The minimum atomic E-state index is -0.722. The van der Waals surface area contributed by atoms with Crippen molar-refractivity contribution in [2.24, 2.45) is 5.41 Å². The Balaban J connectivity index is 1.68. The molecule has 1 saturated carbocycles. The van der Waals surface area contributed by atoms with Crippen LogP contribution in [-0.4, -0.2) is 41.4 Å². The van der Waals surface area contributed by atoms with Crippen LogP contribution in [0.15, 0.2) is 0 Å². The third-order valence-corrected chi connectivity index (χ3v) is 5.79. The Bertz CT molecular complexity index is 353. The number of hydrogen-bond acceptors (Lipinski definition) is 3. The van der Waals surface area contributed by atoms with Gasteiger partial charge >= 0.3 is 5.97 Å². The summed E-state index contributed by atoms with van der Waals surface area (Å²) < 4.78 is 0. The Kier molecular flexibility index (Phi) is 6.87. The molecular weight excluding hydrogens is 278 g/mol. The van der Waals surface area contributed by atoms with Crippen molar-refractivity contribution < 1.29 is 14.7 Å². The summed E-state index contributed by atoms with van der Waals surface area (Å²) >= 11 is 0. The number of aldehydes is 1. The minimum absolute atomic E-state index is 0.0470. The molecule has 2 rings (SSSR count). The Hall–Kier alpha value is -0.900. The van der Waals surface area contributed by atoms with Crippen LogP contribution in [-0.2, 0) is 9.59 Å². The summed E-state index contributed by atoms with van der Waals surface area (Å²) in [6.07, 6.45) is 14.3. The highest BCUT2D eigenvalue weighted by molar-refractivity contribution is 5.66. The lowest BCUT2D eigenvalue weighted by molar-refractivity contribution is -0.137. The number of carboxylic acids is 1. The standard InChI is InChI=1S/C18H31NO3/c20-15-16(7-3-1-4-8-17(21)22)19-13-11-18(12-14-19)9-5-2-6-10-18/h15-16H,1-14H2,(H,21,22). The Morgan fingerprint density at radius 3 is 2.32 bits per heavy atom. The number of carbonyl (C=O) groups is 2. The molecule has 2 aliphatic rings. The van der Waals surface area contributed by atoms with Gasteiger partial charge in [-0.2, -0.15) is 0 Å². The lowest BCUT2D eigenvalue weighted by atomic mass is 9.68. The van der Waals surface area contributed by atoms with Gasteiger partial charge in [0.25, 0.3) is 0 Å². The number of piperidine rings is 1. The van der Waals surface area contributed by atoms with Crippen LogP contribution in [0.1, 0.15) is 77.0 Å². The van der Waals surface area contributed by atoms with Gasteiger partial charge in [-0.1, -0.05) is 32.1 Å². The maximum Gasteiger partial charge on any atom is 0.303 e. The predicted octanol–water partition coefficient (Wildman–Crippen LogP) is 3.64. The molecular formula is C18H31NO3. The first-order chi connectivity index (χ1) is 10.7. The summed E-state index contributed by atoms with van der Waals surface area (Å²) in [5.74, 6) is -0.722. The van der Waals surface area contributed by atoms with Crippen molar-refractivity contribution in [2.45, 2.75) is 83.1 Å². The van der Waals surface area contributed by atoms with Crippen LogP contribution >= 0.6 is 0 Å². The van der Waals surface area contributed by atoms with Crippen molar-refractivity contribution in [3.8, 4) is 0 Å². The fraction of sp³-hybridized carbons (Fsp3) is 0.889. The van der Waals surface area contributed by atoms with Gasteiger partial charge < -0.3 is 9.90 Å². The molecule has 1 unspecified atom stereocenters. The number of carbonyl (C=O) groups excluding carboxylic acids is 1. The van der Waals surface area contributed by atoms with E-state index >= 15 is 0 Å². The van der Waals surface area contributed by atoms with E-state index in [4.69, 9.17) is 5.11 Å². The first-order valence-electron chi connectivity index (χ1n) is 9.06. The number of aliphatic carboxylic acids is 1. The summed E-state index contributed by atoms with van der Waals surface area (Å²) in [5, 5.41) is 8.63. The van der Waals surface area contributed by atoms with Gasteiger partial charge in [0, 0.05) is 6.42 Å². The lowest BCUT2D eigenvalue weighted by Crippen LogP contribution is -2.46. The van der Waals surface area contributed by atoms with Crippen molar-refractivity contribution in [1.82, 2.24) is 4.90 Å². The molecule has 4 heteroatoms. The molecule has 0 aromatic rings. The zero-order valence-corrected chi connectivity index (χ0v) is 13.8. The molecule has 126 valence electrons. The van der Waals surface area contributed by atoms with Crippen LogP contribution in [0.3, 0.4) is 0 Å².